The average molecular weight is 414 g/mol. The van der Waals surface area contributed by atoms with Crippen LogP contribution in [-0.4, -0.2) is 37.7 Å². The maximum atomic E-state index is 13.1. The lowest BCUT2D eigenvalue weighted by Crippen LogP contribution is -2.47. The zero-order chi connectivity index (χ0) is 21.1. The first-order chi connectivity index (χ1) is 14.5. The number of nitrogens with zero attached hydrogens (tertiary/aromatic N) is 1. The van der Waals surface area contributed by atoms with E-state index in [2.05, 4.69) is 10.3 Å². The Hall–Kier alpha value is -3.62. The van der Waals surface area contributed by atoms with Crippen molar-refractivity contribution < 1.29 is 32.9 Å². The first kappa shape index (κ1) is 19.7. The molecule has 0 saturated carbocycles. The van der Waals surface area contributed by atoms with Gasteiger partial charge in [-0.15, -0.1) is 0 Å². The van der Waals surface area contributed by atoms with E-state index in [0.29, 0.717) is 22.8 Å². The minimum atomic E-state index is -0.900. The molecule has 0 aliphatic carbocycles. The Morgan fingerprint density at radius 2 is 1.97 bits per heavy atom. The van der Waals surface area contributed by atoms with Crippen molar-refractivity contribution in [1.82, 2.24) is 5.32 Å². The van der Waals surface area contributed by atoms with Crippen LogP contribution in [-0.2, 0) is 9.53 Å². The maximum absolute atomic E-state index is 13.1. The Labute approximate surface area is 171 Å². The van der Waals surface area contributed by atoms with Gasteiger partial charge in [-0.3, -0.25) is 4.79 Å². The molecule has 1 N–H and O–H groups in total. The molecule has 156 valence electrons. The summed E-state index contributed by atoms with van der Waals surface area (Å²) in [5, 5.41) is 2.72. The maximum Gasteiger partial charge on any atom is 0.341 e. The van der Waals surface area contributed by atoms with Crippen LogP contribution in [0, 0.1) is 11.7 Å². The fourth-order valence-electron chi connectivity index (χ4n) is 3.34. The first-order valence-electron chi connectivity index (χ1n) is 9.37. The summed E-state index contributed by atoms with van der Waals surface area (Å²) in [7, 11) is 0. The molecule has 2 aliphatic heterocycles. The minimum absolute atomic E-state index is 0.106. The summed E-state index contributed by atoms with van der Waals surface area (Å²) in [6.07, 6.45) is 0. The second-order valence-corrected chi connectivity index (χ2v) is 6.62. The van der Waals surface area contributed by atoms with E-state index < -0.39 is 29.8 Å². The number of rotatable bonds is 6. The van der Waals surface area contributed by atoms with Crippen LogP contribution in [0.2, 0.25) is 0 Å². The molecule has 0 saturated heterocycles. The highest BCUT2D eigenvalue weighted by molar-refractivity contribution is 6.10. The molecule has 0 fully saturated rings. The molecular weight excluding hydrogens is 395 g/mol. The Morgan fingerprint density at radius 1 is 1.20 bits per heavy atom. The molecule has 0 aromatic heterocycles. The summed E-state index contributed by atoms with van der Waals surface area (Å²) in [5.74, 6) is -0.348. The molecule has 0 spiro atoms. The molecule has 0 bridgehead atoms. The summed E-state index contributed by atoms with van der Waals surface area (Å²) in [5.41, 5.74) is 0.851. The number of aliphatic imine (C=N–C) groups is 1. The van der Waals surface area contributed by atoms with Gasteiger partial charge in [0.15, 0.2) is 11.5 Å². The van der Waals surface area contributed by atoms with Crippen molar-refractivity contribution in [3.63, 3.8) is 0 Å². The summed E-state index contributed by atoms with van der Waals surface area (Å²) in [4.78, 5) is 29.0. The number of ether oxygens (including phenoxy) is 4. The molecule has 9 heteroatoms. The van der Waals surface area contributed by atoms with Crippen molar-refractivity contribution in [3.8, 4) is 17.2 Å². The van der Waals surface area contributed by atoms with Crippen molar-refractivity contribution in [2.45, 2.75) is 13.0 Å². The van der Waals surface area contributed by atoms with Crippen molar-refractivity contribution >= 4 is 17.7 Å². The number of halogens is 1. The molecule has 2 amide bonds. The highest BCUT2D eigenvalue weighted by Crippen LogP contribution is 2.37. The van der Waals surface area contributed by atoms with Gasteiger partial charge in [0.05, 0.1) is 18.4 Å². The smallest absolute Gasteiger partial charge is 0.341 e. The fraction of sp³-hybridized carbons (Fsp3) is 0.286. The van der Waals surface area contributed by atoms with Crippen LogP contribution in [0.5, 0.6) is 17.2 Å². The second-order valence-electron chi connectivity index (χ2n) is 6.62. The van der Waals surface area contributed by atoms with Crippen LogP contribution in [0.25, 0.3) is 0 Å². The number of esters is 1. The van der Waals surface area contributed by atoms with Gasteiger partial charge < -0.3 is 24.3 Å². The van der Waals surface area contributed by atoms with Crippen LogP contribution in [0.1, 0.15) is 18.5 Å². The van der Waals surface area contributed by atoms with E-state index in [9.17, 15) is 14.0 Å². The summed E-state index contributed by atoms with van der Waals surface area (Å²) < 4.78 is 34.7. The number of urea groups is 1. The van der Waals surface area contributed by atoms with Gasteiger partial charge >= 0.3 is 12.0 Å². The number of hydrogen-bond acceptors (Lipinski definition) is 6. The van der Waals surface area contributed by atoms with E-state index in [1.54, 1.807) is 25.1 Å². The van der Waals surface area contributed by atoms with Gasteiger partial charge in [0.1, 0.15) is 24.1 Å². The standard InChI is InChI=1S/C21H19FN2O6/c1-2-27-20(25)18-15(10-28-14-6-4-13(22)5-7-14)23-21(26)24-19(18)12-3-8-16-17(9-12)30-11-29-16/h3-9,18-19H,2,10-11H2,1H3,(H,24,26). The molecule has 4 rings (SSSR count). The predicted molar refractivity (Wildman–Crippen MR) is 103 cm³/mol. The summed E-state index contributed by atoms with van der Waals surface area (Å²) in [6, 6.07) is 9.25. The molecule has 2 aromatic carbocycles. The third-order valence-corrected chi connectivity index (χ3v) is 4.71. The summed E-state index contributed by atoms with van der Waals surface area (Å²) in [6.45, 7) is 1.84. The zero-order valence-electron chi connectivity index (χ0n) is 16.1. The molecular formula is C21H19FN2O6. The van der Waals surface area contributed by atoms with Gasteiger partial charge in [-0.1, -0.05) is 6.07 Å². The van der Waals surface area contributed by atoms with Gasteiger partial charge in [-0.2, -0.15) is 4.99 Å². The number of carbonyl (C=O) groups is 2. The monoisotopic (exact) mass is 414 g/mol. The Morgan fingerprint density at radius 3 is 2.73 bits per heavy atom. The molecule has 0 radical (unpaired) electrons. The number of carbonyl (C=O) groups excluding carboxylic acids is 2. The average Bonchev–Trinajstić information content (AvgIpc) is 3.21. The lowest BCUT2D eigenvalue weighted by Gasteiger charge is -2.30. The van der Waals surface area contributed by atoms with Gasteiger partial charge in [0.2, 0.25) is 6.79 Å². The fourth-order valence-corrected chi connectivity index (χ4v) is 3.34. The van der Waals surface area contributed by atoms with Crippen molar-refractivity contribution in [1.29, 1.82) is 0 Å². The highest BCUT2D eigenvalue weighted by Gasteiger charge is 2.40. The van der Waals surface area contributed by atoms with E-state index >= 15 is 0 Å². The number of fused-ring (bicyclic) bond motifs is 1. The molecule has 2 heterocycles. The second kappa shape index (κ2) is 8.40. The third kappa shape index (κ3) is 4.05. The van der Waals surface area contributed by atoms with E-state index in [-0.39, 0.29) is 25.7 Å². The Bertz CT molecular complexity index is 991. The van der Waals surface area contributed by atoms with Crippen LogP contribution < -0.4 is 19.5 Å². The van der Waals surface area contributed by atoms with Crippen LogP contribution in [0.3, 0.4) is 0 Å². The van der Waals surface area contributed by atoms with Crippen molar-refractivity contribution in [3.05, 3.63) is 53.8 Å². The predicted octanol–water partition coefficient (Wildman–Crippen LogP) is 3.02. The number of amides is 2. The van der Waals surface area contributed by atoms with E-state index in [1.165, 1.54) is 24.3 Å². The minimum Gasteiger partial charge on any atom is -0.488 e. The zero-order valence-corrected chi connectivity index (χ0v) is 16.1. The van der Waals surface area contributed by atoms with Crippen molar-refractivity contribution in [2.24, 2.45) is 10.9 Å². The van der Waals surface area contributed by atoms with Gasteiger partial charge in [-0.05, 0) is 48.9 Å². The lowest BCUT2D eigenvalue weighted by molar-refractivity contribution is -0.146. The van der Waals surface area contributed by atoms with Crippen LogP contribution >= 0.6 is 0 Å². The van der Waals surface area contributed by atoms with Crippen LogP contribution in [0.15, 0.2) is 47.5 Å². The molecule has 2 aliphatic rings. The lowest BCUT2D eigenvalue weighted by atomic mass is 9.87. The quantitative estimate of drug-likeness (QED) is 0.730. The first-order valence-corrected chi connectivity index (χ1v) is 9.37. The van der Waals surface area contributed by atoms with E-state index in [4.69, 9.17) is 18.9 Å². The number of benzene rings is 2. The van der Waals surface area contributed by atoms with Gasteiger partial charge in [0, 0.05) is 0 Å². The van der Waals surface area contributed by atoms with E-state index in [1.807, 2.05) is 0 Å². The van der Waals surface area contributed by atoms with Gasteiger partial charge in [-0.25, -0.2) is 9.18 Å². The molecule has 2 unspecified atom stereocenters. The Kier molecular flexibility index (Phi) is 5.51. The van der Waals surface area contributed by atoms with Crippen molar-refractivity contribution in [2.75, 3.05) is 20.0 Å². The Balaban J connectivity index is 1.62. The number of hydrogen-bond donors (Lipinski definition) is 1. The SMILES string of the molecule is CCOC(=O)C1C(COc2ccc(F)cc2)=NC(=O)NC1c1ccc2c(c1)OCO2. The molecule has 2 aromatic rings. The topological polar surface area (TPSA) is 95.5 Å². The van der Waals surface area contributed by atoms with E-state index in [0.717, 1.165) is 0 Å². The highest BCUT2D eigenvalue weighted by atomic mass is 19.1. The van der Waals surface area contributed by atoms with Crippen LogP contribution in [0.4, 0.5) is 9.18 Å². The number of nitrogens with one attached hydrogen (secondary N) is 1. The molecule has 8 nitrogen and oxygen atoms in total. The normalized spacial score (nSPS) is 19.7. The molecule has 2 atom stereocenters. The van der Waals surface area contributed by atoms with Gasteiger partial charge in [0.25, 0.3) is 0 Å². The molecule has 30 heavy (non-hydrogen) atoms. The summed E-state index contributed by atoms with van der Waals surface area (Å²) >= 11 is 0. The largest absolute Gasteiger partial charge is 0.488 e. The third-order valence-electron chi connectivity index (χ3n) is 4.71.